The SMILES string of the molecule is COc1cc2cc(c1Cl)N(C)C(=O)CC(OC(=O)[C@H](C)N(C)C(=O)CCSC1CC(=O)N(CC3CCC(C(=O)ON4C(=O)CCC4=O)CC3)C1=O)[C@]1(C)OC1[C@H](C)[C@@H]1C[C@@](O)(NC(=O)O1)C(OC)/C=C/C=C(\C)C2. The summed E-state index contributed by atoms with van der Waals surface area (Å²) >= 11 is 7.98. The molecule has 4 saturated heterocycles. The van der Waals surface area contributed by atoms with Gasteiger partial charge in [-0.15, -0.1) is 16.8 Å². The van der Waals surface area contributed by atoms with E-state index in [1.165, 1.54) is 61.7 Å². The van der Waals surface area contributed by atoms with Crippen molar-refractivity contribution in [3.05, 3.63) is 46.5 Å². The van der Waals surface area contributed by atoms with Crippen molar-refractivity contribution in [3.63, 3.8) is 0 Å². The summed E-state index contributed by atoms with van der Waals surface area (Å²) in [6, 6.07) is 2.36. The molecule has 6 aliphatic rings. The van der Waals surface area contributed by atoms with E-state index in [0.29, 0.717) is 48.6 Å². The normalized spacial score (nSPS) is 32.2. The van der Waals surface area contributed by atoms with Crippen molar-refractivity contribution < 1.29 is 76.8 Å². The molecule has 0 aromatic heterocycles. The van der Waals surface area contributed by atoms with Crippen molar-refractivity contribution in [1.82, 2.24) is 20.2 Å². The van der Waals surface area contributed by atoms with E-state index >= 15 is 0 Å². The number of likely N-dealkylation sites (N-methyl/N-ethyl adjacent to an activating group) is 1. The summed E-state index contributed by atoms with van der Waals surface area (Å²) in [5.74, 6) is -4.93. The predicted octanol–water partition coefficient (Wildman–Crippen LogP) is 4.18. The monoisotopic (exact) mass is 1070 g/mol. The molecule has 2 N–H and O–H groups in total. The molecule has 7 rings (SSSR count). The van der Waals surface area contributed by atoms with E-state index < -0.39 is 107 Å². The number of hydrogen-bond donors (Lipinski definition) is 2. The summed E-state index contributed by atoms with van der Waals surface area (Å²) in [5.41, 5.74) is -1.23. The van der Waals surface area contributed by atoms with Crippen LogP contribution in [0.2, 0.25) is 5.02 Å². The molecule has 1 aromatic carbocycles. The van der Waals surface area contributed by atoms with Gasteiger partial charge in [0.1, 0.15) is 40.7 Å². The van der Waals surface area contributed by atoms with Crippen molar-refractivity contribution in [1.29, 1.82) is 0 Å². The van der Waals surface area contributed by atoms with Gasteiger partial charge in [0.05, 0.1) is 36.5 Å². The molecule has 4 unspecified atom stereocenters. The highest BCUT2D eigenvalue weighted by Crippen LogP contribution is 2.49. The Hall–Kier alpha value is -5.55. The Bertz CT molecular complexity index is 2470. The lowest BCUT2D eigenvalue weighted by Crippen LogP contribution is -2.63. The van der Waals surface area contributed by atoms with E-state index in [9.17, 15) is 48.3 Å². The topological polar surface area (TPSA) is 258 Å². The maximum Gasteiger partial charge on any atom is 0.409 e. The summed E-state index contributed by atoms with van der Waals surface area (Å²) < 4.78 is 29.4. The quantitative estimate of drug-likeness (QED) is 0.160. The molecule has 23 heteroatoms. The first-order valence-electron chi connectivity index (χ1n) is 24.9. The number of esters is 1. The molecular formula is C51H66ClN5O16S. The minimum absolute atomic E-state index is 0.00240. The molecule has 0 radical (unpaired) electrons. The van der Waals surface area contributed by atoms with Gasteiger partial charge in [-0.05, 0) is 76.5 Å². The molecule has 5 fully saturated rings. The second-order valence-electron chi connectivity index (χ2n) is 20.3. The Kier molecular flexibility index (Phi) is 17.6. The van der Waals surface area contributed by atoms with E-state index in [4.69, 9.17) is 40.1 Å². The molecule has 5 aliphatic heterocycles. The molecule has 5 heterocycles. The number of allylic oxidation sites excluding steroid dienone is 3. The van der Waals surface area contributed by atoms with Crippen LogP contribution in [-0.2, 0) is 68.6 Å². The van der Waals surface area contributed by atoms with Crippen molar-refractivity contribution in [2.75, 3.05) is 45.5 Å². The van der Waals surface area contributed by atoms with Gasteiger partial charge in [-0.3, -0.25) is 39.0 Å². The lowest BCUT2D eigenvalue weighted by atomic mass is 9.82. The van der Waals surface area contributed by atoms with Crippen LogP contribution in [-0.4, -0.2) is 161 Å². The number of carbonyl (C=O) groups is 9. The number of benzene rings is 1. The third-order valence-electron chi connectivity index (χ3n) is 15.2. The first-order chi connectivity index (χ1) is 35.0. The van der Waals surface area contributed by atoms with E-state index in [1.54, 1.807) is 38.1 Å². The van der Waals surface area contributed by atoms with Crippen LogP contribution >= 0.6 is 23.4 Å². The van der Waals surface area contributed by atoms with Gasteiger partial charge in [0.2, 0.25) is 23.6 Å². The van der Waals surface area contributed by atoms with E-state index in [-0.39, 0.29) is 67.2 Å². The Morgan fingerprint density at radius 2 is 1.70 bits per heavy atom. The second-order valence-corrected chi connectivity index (χ2v) is 22.0. The maximum absolute atomic E-state index is 14.4. The molecule has 1 aliphatic carbocycles. The summed E-state index contributed by atoms with van der Waals surface area (Å²) in [6.07, 6.45) is 2.04. The van der Waals surface area contributed by atoms with Crippen LogP contribution in [0.5, 0.6) is 5.75 Å². The van der Waals surface area contributed by atoms with Crippen LogP contribution in [0.3, 0.4) is 0 Å². The summed E-state index contributed by atoms with van der Waals surface area (Å²) in [5, 5.41) is 14.4. The number of nitrogens with zero attached hydrogens (tertiary/aromatic N) is 4. The van der Waals surface area contributed by atoms with Crippen LogP contribution in [0.15, 0.2) is 35.9 Å². The number of rotatable bonds is 13. The number of amides is 7. The Balaban J connectivity index is 0.986. The van der Waals surface area contributed by atoms with E-state index in [1.807, 2.05) is 13.0 Å². The first-order valence-corrected chi connectivity index (χ1v) is 26.3. The molecule has 1 aromatic rings. The molecule has 0 spiro atoms. The summed E-state index contributed by atoms with van der Waals surface area (Å²) in [6.45, 7) is 6.99. The molecule has 4 bridgehead atoms. The number of halogens is 1. The number of hydrogen-bond acceptors (Lipinski definition) is 17. The number of anilines is 1. The average molecular weight is 1070 g/mol. The minimum atomic E-state index is -1.89. The first kappa shape index (κ1) is 56.2. The number of imide groups is 2. The molecule has 7 amide bonds. The van der Waals surface area contributed by atoms with Gasteiger partial charge in [-0.1, -0.05) is 42.3 Å². The second kappa shape index (κ2) is 23.1. The van der Waals surface area contributed by atoms with Gasteiger partial charge in [0, 0.05) is 71.5 Å². The smallest absolute Gasteiger partial charge is 0.409 e. The number of nitrogens with one attached hydrogen (secondary N) is 1. The van der Waals surface area contributed by atoms with Gasteiger partial charge >= 0.3 is 18.0 Å². The highest BCUT2D eigenvalue weighted by molar-refractivity contribution is 8.00. The molecule has 1 saturated carbocycles. The Morgan fingerprint density at radius 3 is 2.36 bits per heavy atom. The zero-order valence-electron chi connectivity index (χ0n) is 42.9. The average Bonchev–Trinajstić information content (AvgIpc) is 3.87. The van der Waals surface area contributed by atoms with Crippen LogP contribution in [0.25, 0.3) is 0 Å². The fourth-order valence-corrected chi connectivity index (χ4v) is 11.7. The summed E-state index contributed by atoms with van der Waals surface area (Å²) in [4.78, 5) is 127. The largest absolute Gasteiger partial charge is 0.495 e. The number of thioether (sulfide) groups is 1. The molecular weight excluding hydrogens is 1010 g/mol. The minimum Gasteiger partial charge on any atom is -0.495 e. The number of fused-ring (bicyclic) bond motifs is 5. The molecule has 74 heavy (non-hydrogen) atoms. The van der Waals surface area contributed by atoms with Gasteiger partial charge in [0.25, 0.3) is 11.8 Å². The van der Waals surface area contributed by atoms with Gasteiger partial charge < -0.3 is 43.4 Å². The number of hydroxylamine groups is 2. The van der Waals surface area contributed by atoms with Gasteiger partial charge in [0.15, 0.2) is 5.72 Å². The number of carbonyl (C=O) groups excluding carboxylic acids is 9. The van der Waals surface area contributed by atoms with Crippen molar-refractivity contribution in [2.24, 2.45) is 17.8 Å². The van der Waals surface area contributed by atoms with Crippen LogP contribution in [0.4, 0.5) is 10.5 Å². The Morgan fingerprint density at radius 1 is 1.01 bits per heavy atom. The van der Waals surface area contributed by atoms with Crippen LogP contribution in [0.1, 0.15) is 97.5 Å². The fourth-order valence-electron chi connectivity index (χ4n) is 10.3. The summed E-state index contributed by atoms with van der Waals surface area (Å²) in [7, 11) is 5.84. The van der Waals surface area contributed by atoms with Gasteiger partial charge in [-0.25, -0.2) is 14.4 Å². The zero-order chi connectivity index (χ0) is 54.0. The predicted molar refractivity (Wildman–Crippen MR) is 266 cm³/mol. The van der Waals surface area contributed by atoms with Crippen LogP contribution in [0, 0.1) is 17.8 Å². The number of ether oxygens (including phenoxy) is 5. The van der Waals surface area contributed by atoms with Gasteiger partial charge in [-0.2, -0.15) is 0 Å². The molecule has 404 valence electrons. The third-order valence-corrected chi connectivity index (χ3v) is 16.8. The lowest BCUT2D eigenvalue weighted by Gasteiger charge is -2.42. The molecule has 9 atom stereocenters. The van der Waals surface area contributed by atoms with Crippen molar-refractivity contribution >= 4 is 82.5 Å². The number of aliphatic hydroxyl groups is 1. The number of epoxide rings is 1. The van der Waals surface area contributed by atoms with E-state index in [2.05, 4.69) is 5.32 Å². The Labute approximate surface area is 438 Å². The number of methoxy groups -OCH3 is 2. The highest BCUT2D eigenvalue weighted by atomic mass is 35.5. The third kappa shape index (κ3) is 12.2. The zero-order valence-corrected chi connectivity index (χ0v) is 44.5. The number of likely N-dealkylation sites (tertiary alicyclic amines) is 1. The van der Waals surface area contributed by atoms with E-state index in [0.717, 1.165) is 11.1 Å². The van der Waals surface area contributed by atoms with Crippen molar-refractivity contribution in [3.8, 4) is 5.75 Å². The maximum atomic E-state index is 14.4. The lowest BCUT2D eigenvalue weighted by molar-refractivity contribution is -0.201. The standard InChI is InChI=1S/C51H66ClN5O16S/c1-27-10-9-11-37(69-8)51(67)25-35(70-49(66)53-51)28(2)45-50(4,72-45)38(24-42(61)55(6)33-21-31(20-27)22-34(68-7)44(33)52)71-47(64)29(3)54(5)39(58)18-19-74-36-23-43(62)56(46(36)63)26-30-12-14-32(15-13-30)48(65)73-57-40(59)16-17-41(57)60/h9-11,21-22,28-30,32,35-38,45,67H,12-20,23-26H2,1-8H3,(H,53,66)/b11-9+,27-10+/t28-,29+,30?,32?,35+,36?,37?,38?,45?,50+,51+/m1/s1. The molecule has 21 nitrogen and oxygen atoms in total. The van der Waals surface area contributed by atoms with Crippen molar-refractivity contribution in [2.45, 2.75) is 145 Å². The number of alkyl carbamates (subject to hydrolysis) is 1. The fraction of sp³-hybridized carbons (Fsp3) is 0.627. The highest BCUT2D eigenvalue weighted by Gasteiger charge is 2.64. The van der Waals surface area contributed by atoms with Crippen LogP contribution < -0.4 is 15.0 Å².